The number of hydrogen-bond acceptors (Lipinski definition) is 5. The van der Waals surface area contributed by atoms with E-state index in [9.17, 15) is 4.79 Å². The molecule has 0 aliphatic carbocycles. The second-order valence-electron chi connectivity index (χ2n) is 4.41. The number of carbonyl (C=O) groups is 1. The predicted molar refractivity (Wildman–Crippen MR) is 79.0 cm³/mol. The summed E-state index contributed by atoms with van der Waals surface area (Å²) in [6, 6.07) is 10.8. The first-order chi connectivity index (χ1) is 10.1. The number of nitrogen functional groups attached to an aromatic ring is 1. The predicted octanol–water partition coefficient (Wildman–Crippen LogP) is 2.10. The van der Waals surface area contributed by atoms with E-state index in [1.54, 1.807) is 12.3 Å². The van der Waals surface area contributed by atoms with Crippen LogP contribution in [0.4, 0.5) is 5.69 Å². The molecule has 0 aliphatic rings. The molecule has 2 heterocycles. The van der Waals surface area contributed by atoms with Gasteiger partial charge in [0.2, 0.25) is 5.88 Å². The number of primary amides is 1. The van der Waals surface area contributed by atoms with E-state index in [1.165, 1.54) is 12.3 Å². The first-order valence-electron chi connectivity index (χ1n) is 6.22. The van der Waals surface area contributed by atoms with Crippen molar-refractivity contribution in [2.24, 2.45) is 5.73 Å². The summed E-state index contributed by atoms with van der Waals surface area (Å²) in [5, 5.41) is 0.945. The highest BCUT2D eigenvalue weighted by molar-refractivity contribution is 5.98. The lowest BCUT2D eigenvalue weighted by atomic mass is 10.2. The summed E-state index contributed by atoms with van der Waals surface area (Å²) < 4.78 is 5.70. The Kier molecular flexibility index (Phi) is 3.12. The number of rotatable bonds is 3. The Morgan fingerprint density at radius 3 is 2.76 bits per heavy atom. The van der Waals surface area contributed by atoms with E-state index in [2.05, 4.69) is 9.97 Å². The number of amides is 1. The van der Waals surface area contributed by atoms with Crippen molar-refractivity contribution in [1.29, 1.82) is 0 Å². The van der Waals surface area contributed by atoms with Crippen molar-refractivity contribution in [2.75, 3.05) is 5.73 Å². The number of pyridine rings is 2. The minimum absolute atomic E-state index is 0.174. The van der Waals surface area contributed by atoms with Crippen LogP contribution in [0.15, 0.2) is 48.8 Å². The molecule has 0 aliphatic heterocycles. The van der Waals surface area contributed by atoms with Crippen LogP contribution in [0.5, 0.6) is 11.6 Å². The third-order valence-corrected chi connectivity index (χ3v) is 2.99. The molecule has 0 radical (unpaired) electrons. The molecule has 0 unspecified atom stereocenters. The average Bonchev–Trinajstić information content (AvgIpc) is 2.49. The van der Waals surface area contributed by atoms with Gasteiger partial charge in [-0.1, -0.05) is 18.2 Å². The van der Waals surface area contributed by atoms with Crippen LogP contribution in [0.2, 0.25) is 0 Å². The van der Waals surface area contributed by atoms with E-state index in [1.807, 2.05) is 24.3 Å². The van der Waals surface area contributed by atoms with Crippen molar-refractivity contribution in [2.45, 2.75) is 0 Å². The molecule has 21 heavy (non-hydrogen) atoms. The maximum Gasteiger partial charge on any atom is 0.251 e. The summed E-state index contributed by atoms with van der Waals surface area (Å²) in [5.41, 5.74) is 12.0. The van der Waals surface area contributed by atoms with Gasteiger partial charge in [0.25, 0.3) is 5.91 Å². The van der Waals surface area contributed by atoms with Gasteiger partial charge in [-0.05, 0) is 12.1 Å². The standard InChI is InChI=1S/C15H12N4O2/c16-11-8-19-13(7-10(11)15(17)20)21-12-5-1-3-9-4-2-6-18-14(9)12/h1-8H,16H2,(H2,17,20). The number of aromatic nitrogens is 2. The number of nitrogens with zero attached hydrogens (tertiary/aromatic N) is 2. The lowest BCUT2D eigenvalue weighted by Gasteiger charge is -2.09. The summed E-state index contributed by atoms with van der Waals surface area (Å²) in [5.74, 6) is 0.146. The quantitative estimate of drug-likeness (QED) is 0.764. The van der Waals surface area contributed by atoms with Crippen LogP contribution in [-0.2, 0) is 0 Å². The number of carbonyl (C=O) groups excluding carboxylic acids is 1. The molecule has 6 nitrogen and oxygen atoms in total. The van der Waals surface area contributed by atoms with Crippen LogP contribution < -0.4 is 16.2 Å². The number of ether oxygens (including phenoxy) is 1. The highest BCUT2D eigenvalue weighted by Crippen LogP contribution is 2.28. The van der Waals surface area contributed by atoms with Crippen LogP contribution in [0.25, 0.3) is 10.9 Å². The zero-order valence-electron chi connectivity index (χ0n) is 11.0. The SMILES string of the molecule is NC(=O)c1cc(Oc2cccc3cccnc23)ncc1N. The Morgan fingerprint density at radius 1 is 1.14 bits per heavy atom. The molecule has 1 amide bonds. The van der Waals surface area contributed by atoms with Crippen LogP contribution >= 0.6 is 0 Å². The fraction of sp³-hybridized carbons (Fsp3) is 0. The first kappa shape index (κ1) is 12.9. The van der Waals surface area contributed by atoms with E-state index < -0.39 is 5.91 Å². The molecule has 3 aromatic rings. The van der Waals surface area contributed by atoms with Gasteiger partial charge in [0, 0.05) is 17.6 Å². The molecule has 0 atom stereocenters. The number of fused-ring (bicyclic) bond motifs is 1. The fourth-order valence-electron chi connectivity index (χ4n) is 1.99. The van der Waals surface area contributed by atoms with Gasteiger partial charge < -0.3 is 16.2 Å². The van der Waals surface area contributed by atoms with Crippen LogP contribution in [0, 0.1) is 0 Å². The third-order valence-electron chi connectivity index (χ3n) is 2.99. The maximum atomic E-state index is 11.3. The smallest absolute Gasteiger partial charge is 0.251 e. The molecule has 2 aromatic heterocycles. The van der Waals surface area contributed by atoms with Crippen molar-refractivity contribution in [3.63, 3.8) is 0 Å². The number of para-hydroxylation sites is 1. The Balaban J connectivity index is 2.03. The summed E-state index contributed by atoms with van der Waals surface area (Å²) in [6.07, 6.45) is 3.02. The topological polar surface area (TPSA) is 104 Å². The summed E-state index contributed by atoms with van der Waals surface area (Å²) in [7, 11) is 0. The molecule has 104 valence electrons. The first-order valence-corrected chi connectivity index (χ1v) is 6.22. The second kappa shape index (κ2) is 5.09. The van der Waals surface area contributed by atoms with E-state index in [-0.39, 0.29) is 17.1 Å². The molecular formula is C15H12N4O2. The van der Waals surface area contributed by atoms with Crippen LogP contribution in [-0.4, -0.2) is 15.9 Å². The fourth-order valence-corrected chi connectivity index (χ4v) is 1.99. The van der Waals surface area contributed by atoms with Gasteiger partial charge >= 0.3 is 0 Å². The minimum Gasteiger partial charge on any atom is -0.437 e. The lowest BCUT2D eigenvalue weighted by Crippen LogP contribution is -2.13. The normalized spacial score (nSPS) is 10.5. The van der Waals surface area contributed by atoms with Gasteiger partial charge in [-0.15, -0.1) is 0 Å². The Labute approximate surface area is 120 Å². The van der Waals surface area contributed by atoms with Crippen molar-refractivity contribution < 1.29 is 9.53 Å². The monoisotopic (exact) mass is 280 g/mol. The van der Waals surface area contributed by atoms with Gasteiger partial charge in [-0.2, -0.15) is 0 Å². The van der Waals surface area contributed by atoms with Crippen molar-refractivity contribution in [1.82, 2.24) is 9.97 Å². The minimum atomic E-state index is -0.629. The summed E-state index contributed by atoms with van der Waals surface area (Å²) in [6.45, 7) is 0. The Bertz CT molecular complexity index is 828. The molecule has 4 N–H and O–H groups in total. The van der Waals surface area contributed by atoms with Gasteiger partial charge in [-0.25, -0.2) is 4.98 Å². The molecule has 0 bridgehead atoms. The molecule has 0 spiro atoms. The zero-order chi connectivity index (χ0) is 14.8. The summed E-state index contributed by atoms with van der Waals surface area (Å²) in [4.78, 5) is 19.6. The lowest BCUT2D eigenvalue weighted by molar-refractivity contribution is 0.100. The molecule has 0 saturated heterocycles. The van der Waals surface area contributed by atoms with Crippen molar-refractivity contribution >= 4 is 22.5 Å². The number of anilines is 1. The molecule has 0 fully saturated rings. The van der Waals surface area contributed by atoms with E-state index in [0.29, 0.717) is 11.3 Å². The van der Waals surface area contributed by atoms with Crippen molar-refractivity contribution in [3.05, 3.63) is 54.4 Å². The zero-order valence-corrected chi connectivity index (χ0v) is 11.0. The van der Waals surface area contributed by atoms with E-state index >= 15 is 0 Å². The molecular weight excluding hydrogens is 268 g/mol. The van der Waals surface area contributed by atoms with Gasteiger partial charge in [0.15, 0.2) is 5.75 Å². The van der Waals surface area contributed by atoms with Gasteiger partial charge in [-0.3, -0.25) is 9.78 Å². The van der Waals surface area contributed by atoms with Gasteiger partial charge in [0.1, 0.15) is 5.52 Å². The highest BCUT2D eigenvalue weighted by Gasteiger charge is 2.10. The number of benzene rings is 1. The average molecular weight is 280 g/mol. The van der Waals surface area contributed by atoms with Crippen LogP contribution in [0.3, 0.4) is 0 Å². The molecule has 3 rings (SSSR count). The largest absolute Gasteiger partial charge is 0.437 e. The third kappa shape index (κ3) is 2.46. The summed E-state index contributed by atoms with van der Waals surface area (Å²) >= 11 is 0. The van der Waals surface area contributed by atoms with Crippen molar-refractivity contribution in [3.8, 4) is 11.6 Å². The molecule has 1 aromatic carbocycles. The number of hydrogen-bond donors (Lipinski definition) is 2. The maximum absolute atomic E-state index is 11.3. The molecule has 6 heteroatoms. The highest BCUT2D eigenvalue weighted by atomic mass is 16.5. The second-order valence-corrected chi connectivity index (χ2v) is 4.41. The van der Waals surface area contributed by atoms with E-state index in [0.717, 1.165) is 5.39 Å². The molecule has 0 saturated carbocycles. The Morgan fingerprint density at radius 2 is 1.95 bits per heavy atom. The Hall–Kier alpha value is -3.15. The number of nitrogens with two attached hydrogens (primary N) is 2. The van der Waals surface area contributed by atoms with Crippen LogP contribution in [0.1, 0.15) is 10.4 Å². The van der Waals surface area contributed by atoms with Gasteiger partial charge in [0.05, 0.1) is 17.4 Å². The van der Waals surface area contributed by atoms with E-state index in [4.69, 9.17) is 16.2 Å².